The number of nitrogens with zero attached hydrogens (tertiary/aromatic N) is 4. The lowest BCUT2D eigenvalue weighted by Crippen LogP contribution is -2.40. The van der Waals surface area contributed by atoms with Gasteiger partial charge in [-0.2, -0.15) is 0 Å². The monoisotopic (exact) mass is 429 g/mol. The third-order valence-corrected chi connectivity index (χ3v) is 6.45. The fourth-order valence-electron chi connectivity index (χ4n) is 4.73. The van der Waals surface area contributed by atoms with Crippen LogP contribution in [-0.4, -0.2) is 50.4 Å². The summed E-state index contributed by atoms with van der Waals surface area (Å²) in [5, 5.41) is 3.08. The summed E-state index contributed by atoms with van der Waals surface area (Å²) < 4.78 is 3.57. The number of pyridine rings is 1. The number of likely N-dealkylation sites (tertiary alicyclic amines) is 1. The molecule has 164 valence electrons. The van der Waals surface area contributed by atoms with E-state index in [1.165, 1.54) is 6.42 Å². The van der Waals surface area contributed by atoms with Crippen molar-refractivity contribution in [3.05, 3.63) is 82.4 Å². The maximum atomic E-state index is 13.1. The summed E-state index contributed by atoms with van der Waals surface area (Å²) in [6, 6.07) is 15.4. The zero-order valence-corrected chi connectivity index (χ0v) is 18.2. The van der Waals surface area contributed by atoms with Gasteiger partial charge in [0.1, 0.15) is 5.52 Å². The number of amides is 1. The van der Waals surface area contributed by atoms with Crippen LogP contribution in [0, 0.1) is 0 Å². The lowest BCUT2D eigenvalue weighted by molar-refractivity contribution is 0.0941. The van der Waals surface area contributed by atoms with Gasteiger partial charge in [0.2, 0.25) is 0 Å². The van der Waals surface area contributed by atoms with Crippen molar-refractivity contribution in [2.75, 3.05) is 19.6 Å². The van der Waals surface area contributed by atoms with E-state index in [4.69, 9.17) is 0 Å². The first-order chi connectivity index (χ1) is 15.7. The Bertz CT molecular complexity index is 1320. The zero-order chi connectivity index (χ0) is 22.1. The number of hydrogen-bond donors (Lipinski definition) is 1. The highest BCUT2D eigenvalue weighted by Gasteiger charge is 2.23. The second-order valence-corrected chi connectivity index (χ2v) is 8.33. The first kappa shape index (κ1) is 20.5. The van der Waals surface area contributed by atoms with E-state index in [1.807, 2.05) is 59.1 Å². The number of likely N-dealkylation sites (N-methyl/N-ethyl adjacent to an activating group) is 1. The molecule has 7 heteroatoms. The molecule has 1 aliphatic rings. The minimum atomic E-state index is -0.0833. The average Bonchev–Trinajstić information content (AvgIpc) is 3.50. The normalized spacial score (nSPS) is 16.7. The Labute approximate surface area is 186 Å². The van der Waals surface area contributed by atoms with Crippen LogP contribution < -0.4 is 10.9 Å². The van der Waals surface area contributed by atoms with Gasteiger partial charge in [0.15, 0.2) is 5.65 Å². The molecule has 5 rings (SSSR count). The zero-order valence-electron chi connectivity index (χ0n) is 18.2. The highest BCUT2D eigenvalue weighted by Crippen LogP contribution is 2.17. The van der Waals surface area contributed by atoms with Crippen molar-refractivity contribution in [3.63, 3.8) is 0 Å². The van der Waals surface area contributed by atoms with Crippen molar-refractivity contribution in [3.8, 4) is 0 Å². The molecule has 4 heterocycles. The number of rotatable bonds is 6. The lowest BCUT2D eigenvalue weighted by atomic mass is 10.1. The van der Waals surface area contributed by atoms with Crippen molar-refractivity contribution in [2.45, 2.75) is 32.4 Å². The maximum Gasteiger partial charge on any atom is 0.276 e. The van der Waals surface area contributed by atoms with E-state index in [0.29, 0.717) is 35.9 Å². The first-order valence-electron chi connectivity index (χ1n) is 11.2. The molecule has 1 N–H and O–H groups in total. The Morgan fingerprint density at radius 1 is 1.12 bits per heavy atom. The number of benzene rings is 1. The molecule has 1 atom stereocenters. The average molecular weight is 430 g/mol. The summed E-state index contributed by atoms with van der Waals surface area (Å²) in [5.41, 5.74) is 3.64. The van der Waals surface area contributed by atoms with Crippen LogP contribution in [0.25, 0.3) is 16.7 Å². The predicted octanol–water partition coefficient (Wildman–Crippen LogP) is 2.91. The molecule has 0 radical (unpaired) electrons. The van der Waals surface area contributed by atoms with Gasteiger partial charge in [-0.05, 0) is 67.9 Å². The van der Waals surface area contributed by atoms with Crippen LogP contribution in [0.3, 0.4) is 0 Å². The minimum Gasteiger partial charge on any atom is -0.350 e. The van der Waals surface area contributed by atoms with E-state index in [9.17, 15) is 9.59 Å². The van der Waals surface area contributed by atoms with Crippen LogP contribution in [0.5, 0.6) is 0 Å². The Balaban J connectivity index is 1.35. The van der Waals surface area contributed by atoms with E-state index in [-0.39, 0.29) is 11.5 Å². The number of nitrogens with one attached hydrogen (secondary N) is 1. The third-order valence-electron chi connectivity index (χ3n) is 6.45. The Morgan fingerprint density at radius 2 is 1.94 bits per heavy atom. The Hall–Kier alpha value is -3.45. The molecule has 0 aliphatic carbocycles. The molecular weight excluding hydrogens is 402 g/mol. The van der Waals surface area contributed by atoms with Crippen molar-refractivity contribution in [1.82, 2.24) is 24.2 Å². The molecule has 1 amide bonds. The molecule has 1 fully saturated rings. The van der Waals surface area contributed by atoms with Gasteiger partial charge in [-0.25, -0.2) is 4.98 Å². The van der Waals surface area contributed by atoms with Crippen LogP contribution in [0.4, 0.5) is 0 Å². The van der Waals surface area contributed by atoms with Gasteiger partial charge in [-0.1, -0.05) is 19.1 Å². The van der Waals surface area contributed by atoms with Crippen LogP contribution in [0.2, 0.25) is 0 Å². The second-order valence-electron chi connectivity index (χ2n) is 8.33. The van der Waals surface area contributed by atoms with Gasteiger partial charge in [-0.3, -0.25) is 19.1 Å². The quantitative estimate of drug-likeness (QED) is 0.512. The summed E-state index contributed by atoms with van der Waals surface area (Å²) in [6.45, 7) is 5.37. The highest BCUT2D eigenvalue weighted by molar-refractivity contribution is 5.94. The fourth-order valence-corrected chi connectivity index (χ4v) is 4.73. The molecule has 0 bridgehead atoms. The van der Waals surface area contributed by atoms with E-state index >= 15 is 0 Å². The smallest absolute Gasteiger partial charge is 0.276 e. The van der Waals surface area contributed by atoms with Crippen LogP contribution >= 0.6 is 0 Å². The fraction of sp³-hybridized carbons (Fsp3) is 0.320. The molecule has 1 aromatic carbocycles. The number of fused-ring (bicyclic) bond motifs is 3. The van der Waals surface area contributed by atoms with Crippen molar-refractivity contribution >= 4 is 22.6 Å². The number of hydrogen-bond acceptors (Lipinski definition) is 4. The predicted molar refractivity (Wildman–Crippen MR) is 125 cm³/mol. The SMILES string of the molecule is CCN1CCCC1CNC(=O)c1ccc(Cn2c(=O)c3cccn3c3cccnc32)cc1. The molecule has 3 aromatic heterocycles. The number of aromatic nitrogens is 3. The first-order valence-corrected chi connectivity index (χ1v) is 11.2. The third kappa shape index (κ3) is 3.69. The van der Waals surface area contributed by atoms with Crippen molar-refractivity contribution < 1.29 is 4.79 Å². The van der Waals surface area contributed by atoms with E-state index in [2.05, 4.69) is 22.1 Å². The van der Waals surface area contributed by atoms with Crippen LogP contribution in [-0.2, 0) is 6.54 Å². The molecule has 4 aromatic rings. The van der Waals surface area contributed by atoms with Gasteiger partial charge >= 0.3 is 0 Å². The van der Waals surface area contributed by atoms with Gasteiger partial charge in [0, 0.05) is 30.5 Å². The standard InChI is InChI=1S/C25H27N5O2/c1-2-28-14-4-6-20(28)16-27-24(31)19-11-9-18(10-12-19)17-30-23-21(7-3-13-26-23)29-15-5-8-22(29)25(30)32/h3,5,7-13,15,20H,2,4,6,14,16-17H2,1H3,(H,27,31). The molecule has 0 saturated carbocycles. The molecule has 32 heavy (non-hydrogen) atoms. The second kappa shape index (κ2) is 8.59. The van der Waals surface area contributed by atoms with E-state index in [1.54, 1.807) is 10.8 Å². The van der Waals surface area contributed by atoms with Gasteiger partial charge in [0.25, 0.3) is 11.5 Å². The number of carbonyl (C=O) groups is 1. The largest absolute Gasteiger partial charge is 0.350 e. The molecule has 1 saturated heterocycles. The topological polar surface area (TPSA) is 71.6 Å². The highest BCUT2D eigenvalue weighted by atomic mass is 16.1. The van der Waals surface area contributed by atoms with E-state index < -0.39 is 0 Å². The molecule has 1 unspecified atom stereocenters. The lowest BCUT2D eigenvalue weighted by Gasteiger charge is -2.22. The Morgan fingerprint density at radius 3 is 2.75 bits per heavy atom. The summed E-state index contributed by atoms with van der Waals surface area (Å²) in [5.74, 6) is -0.0570. The maximum absolute atomic E-state index is 13.1. The summed E-state index contributed by atoms with van der Waals surface area (Å²) in [4.78, 5) is 32.6. The summed E-state index contributed by atoms with van der Waals surface area (Å²) in [6.07, 6.45) is 5.91. The molecule has 0 spiro atoms. The molecular formula is C25H27N5O2. The van der Waals surface area contributed by atoms with E-state index in [0.717, 1.165) is 30.6 Å². The van der Waals surface area contributed by atoms with Crippen molar-refractivity contribution in [2.24, 2.45) is 0 Å². The van der Waals surface area contributed by atoms with Gasteiger partial charge in [-0.15, -0.1) is 0 Å². The number of carbonyl (C=O) groups excluding carboxylic acids is 1. The van der Waals surface area contributed by atoms with Crippen LogP contribution in [0.1, 0.15) is 35.7 Å². The Kier molecular flexibility index (Phi) is 5.49. The van der Waals surface area contributed by atoms with Gasteiger partial charge in [0.05, 0.1) is 12.1 Å². The van der Waals surface area contributed by atoms with Crippen molar-refractivity contribution in [1.29, 1.82) is 0 Å². The van der Waals surface area contributed by atoms with Crippen LogP contribution in [0.15, 0.2) is 65.7 Å². The summed E-state index contributed by atoms with van der Waals surface area (Å²) >= 11 is 0. The summed E-state index contributed by atoms with van der Waals surface area (Å²) in [7, 11) is 0. The minimum absolute atomic E-state index is 0.0570. The molecule has 1 aliphatic heterocycles. The molecule has 7 nitrogen and oxygen atoms in total. The van der Waals surface area contributed by atoms with Gasteiger partial charge < -0.3 is 9.72 Å².